The highest BCUT2D eigenvalue weighted by atomic mass is 32.2. The molecule has 0 unspecified atom stereocenters. The molecule has 2 N–H and O–H groups in total. The Bertz CT molecular complexity index is 462. The van der Waals surface area contributed by atoms with E-state index < -0.39 is 21.5 Å². The Hall–Kier alpha value is -0.920. The van der Waals surface area contributed by atoms with Crippen LogP contribution in [-0.2, 0) is 14.8 Å². The highest BCUT2D eigenvalue weighted by molar-refractivity contribution is 7.91. The summed E-state index contributed by atoms with van der Waals surface area (Å²) in [4.78, 5) is 10.6. The minimum absolute atomic E-state index is 0.186. The van der Waals surface area contributed by atoms with Crippen LogP contribution in [0.5, 0.6) is 0 Å². The first kappa shape index (κ1) is 13.1. The Labute approximate surface area is 98.2 Å². The van der Waals surface area contributed by atoms with Gasteiger partial charge >= 0.3 is 5.97 Å². The normalized spacial score (nSPS) is 12.6. The molecule has 0 bridgehead atoms. The van der Waals surface area contributed by atoms with Gasteiger partial charge in [0.1, 0.15) is 4.21 Å². The van der Waals surface area contributed by atoms with Gasteiger partial charge < -0.3 is 5.11 Å². The second-order valence-electron chi connectivity index (χ2n) is 3.99. The summed E-state index contributed by atoms with van der Waals surface area (Å²) in [6.07, 6.45) is -0.266. The number of carboxylic acids is 1. The van der Waals surface area contributed by atoms with E-state index in [1.54, 1.807) is 11.4 Å². The van der Waals surface area contributed by atoms with Crippen molar-refractivity contribution in [3.05, 3.63) is 17.5 Å². The van der Waals surface area contributed by atoms with E-state index in [9.17, 15) is 13.2 Å². The lowest BCUT2D eigenvalue weighted by atomic mass is 10.0. The van der Waals surface area contributed by atoms with Crippen molar-refractivity contribution in [3.63, 3.8) is 0 Å². The molecule has 0 aliphatic carbocycles. The summed E-state index contributed by atoms with van der Waals surface area (Å²) in [5.74, 6) is -1.04. The van der Waals surface area contributed by atoms with Gasteiger partial charge in [-0.2, -0.15) is 0 Å². The van der Waals surface area contributed by atoms with Crippen molar-refractivity contribution in [1.29, 1.82) is 0 Å². The zero-order chi connectivity index (χ0) is 12.4. The third-order valence-corrected chi connectivity index (χ3v) is 4.86. The number of thiophene rings is 1. The van der Waals surface area contributed by atoms with E-state index in [0.29, 0.717) is 0 Å². The summed E-state index contributed by atoms with van der Waals surface area (Å²) in [6, 6.07) is 3.10. The predicted molar refractivity (Wildman–Crippen MR) is 61.0 cm³/mol. The maximum atomic E-state index is 11.8. The molecule has 1 rings (SSSR count). The molecule has 0 amide bonds. The van der Waals surface area contributed by atoms with Crippen LogP contribution in [0.1, 0.15) is 20.3 Å². The second-order valence-corrected chi connectivity index (χ2v) is 6.85. The SMILES string of the molecule is CC(C)(CC(=O)O)NS(=O)(=O)c1cccs1. The molecular weight excluding hydrogens is 250 g/mol. The lowest BCUT2D eigenvalue weighted by molar-refractivity contribution is -0.138. The largest absolute Gasteiger partial charge is 0.481 e. The molecule has 0 atom stereocenters. The maximum Gasteiger partial charge on any atom is 0.305 e. The van der Waals surface area contributed by atoms with Crippen molar-refractivity contribution >= 4 is 27.3 Å². The summed E-state index contributed by atoms with van der Waals surface area (Å²) in [5, 5.41) is 10.3. The molecule has 90 valence electrons. The van der Waals surface area contributed by atoms with Crippen LogP contribution in [0.15, 0.2) is 21.7 Å². The van der Waals surface area contributed by atoms with Crippen molar-refractivity contribution in [2.45, 2.75) is 30.0 Å². The van der Waals surface area contributed by atoms with E-state index in [-0.39, 0.29) is 10.6 Å². The summed E-state index contributed by atoms with van der Waals surface area (Å²) in [7, 11) is -3.62. The van der Waals surface area contributed by atoms with Crippen LogP contribution < -0.4 is 4.72 Å². The number of sulfonamides is 1. The zero-order valence-corrected chi connectivity index (χ0v) is 10.6. The Morgan fingerprint density at radius 2 is 2.19 bits per heavy atom. The summed E-state index contributed by atoms with van der Waals surface area (Å²) >= 11 is 1.09. The molecule has 0 aliphatic rings. The van der Waals surface area contributed by atoms with Gasteiger partial charge in [0.15, 0.2) is 0 Å². The van der Waals surface area contributed by atoms with E-state index in [4.69, 9.17) is 5.11 Å². The lowest BCUT2D eigenvalue weighted by Crippen LogP contribution is -2.44. The molecule has 16 heavy (non-hydrogen) atoms. The van der Waals surface area contributed by atoms with E-state index in [1.807, 2.05) is 0 Å². The molecule has 0 saturated heterocycles. The molecule has 1 aromatic rings. The Balaban J connectivity index is 2.85. The second kappa shape index (κ2) is 4.52. The van der Waals surface area contributed by atoms with Crippen LogP contribution in [0.25, 0.3) is 0 Å². The predicted octanol–water partition coefficient (Wildman–Crippen LogP) is 1.28. The third-order valence-electron chi connectivity index (χ3n) is 1.76. The van der Waals surface area contributed by atoms with Gasteiger partial charge in [-0.1, -0.05) is 6.07 Å². The standard InChI is InChI=1S/C9H13NO4S2/c1-9(2,6-7(11)12)10-16(13,14)8-4-3-5-15-8/h3-5,10H,6H2,1-2H3,(H,11,12). The van der Waals surface area contributed by atoms with Gasteiger partial charge in [-0.3, -0.25) is 4.79 Å². The van der Waals surface area contributed by atoms with Crippen LogP contribution in [0, 0.1) is 0 Å². The van der Waals surface area contributed by atoms with Crippen LogP contribution in [0.2, 0.25) is 0 Å². The van der Waals surface area contributed by atoms with Gasteiger partial charge in [0, 0.05) is 5.54 Å². The molecule has 0 spiro atoms. The van der Waals surface area contributed by atoms with Gasteiger partial charge in [-0.15, -0.1) is 11.3 Å². The average molecular weight is 263 g/mol. The molecular formula is C9H13NO4S2. The number of carbonyl (C=O) groups is 1. The fraction of sp³-hybridized carbons (Fsp3) is 0.444. The quantitative estimate of drug-likeness (QED) is 0.838. The van der Waals surface area contributed by atoms with E-state index in [0.717, 1.165) is 11.3 Å². The van der Waals surface area contributed by atoms with Crippen molar-refractivity contribution in [3.8, 4) is 0 Å². The molecule has 0 saturated carbocycles. The lowest BCUT2D eigenvalue weighted by Gasteiger charge is -2.23. The van der Waals surface area contributed by atoms with Crippen molar-refractivity contribution in [2.24, 2.45) is 0 Å². The number of nitrogens with one attached hydrogen (secondary N) is 1. The molecule has 0 aliphatic heterocycles. The smallest absolute Gasteiger partial charge is 0.305 e. The summed E-state index contributed by atoms with van der Waals surface area (Å²) < 4.78 is 26.1. The first-order chi connectivity index (χ1) is 7.23. The minimum Gasteiger partial charge on any atom is -0.481 e. The number of rotatable bonds is 5. The van der Waals surface area contributed by atoms with Crippen LogP contribution in [0.4, 0.5) is 0 Å². The van der Waals surface area contributed by atoms with Gasteiger partial charge in [0.2, 0.25) is 0 Å². The fourth-order valence-electron chi connectivity index (χ4n) is 1.24. The number of hydrogen-bond acceptors (Lipinski definition) is 4. The molecule has 0 radical (unpaired) electrons. The van der Waals surface area contributed by atoms with Gasteiger partial charge in [-0.05, 0) is 25.3 Å². The monoisotopic (exact) mass is 263 g/mol. The first-order valence-electron chi connectivity index (χ1n) is 4.52. The third kappa shape index (κ3) is 3.58. The Morgan fingerprint density at radius 1 is 1.56 bits per heavy atom. The average Bonchev–Trinajstić information content (AvgIpc) is 2.48. The molecule has 0 fully saturated rings. The first-order valence-corrected chi connectivity index (χ1v) is 6.88. The summed E-state index contributed by atoms with van der Waals surface area (Å²) in [5.41, 5.74) is -1.01. The Morgan fingerprint density at radius 3 is 2.62 bits per heavy atom. The summed E-state index contributed by atoms with van der Waals surface area (Å²) in [6.45, 7) is 3.07. The molecule has 1 heterocycles. The van der Waals surface area contributed by atoms with Crippen LogP contribution in [-0.4, -0.2) is 25.0 Å². The highest BCUT2D eigenvalue weighted by Crippen LogP contribution is 2.19. The highest BCUT2D eigenvalue weighted by Gasteiger charge is 2.28. The maximum absolute atomic E-state index is 11.8. The molecule has 1 aromatic heterocycles. The van der Waals surface area contributed by atoms with Crippen molar-refractivity contribution in [2.75, 3.05) is 0 Å². The van der Waals surface area contributed by atoms with E-state index in [2.05, 4.69) is 4.72 Å². The van der Waals surface area contributed by atoms with Gasteiger partial charge in [0.05, 0.1) is 6.42 Å². The van der Waals surface area contributed by atoms with Crippen LogP contribution >= 0.6 is 11.3 Å². The molecule has 5 nitrogen and oxygen atoms in total. The van der Waals surface area contributed by atoms with Crippen molar-refractivity contribution in [1.82, 2.24) is 4.72 Å². The topological polar surface area (TPSA) is 83.5 Å². The number of aliphatic carboxylic acids is 1. The van der Waals surface area contributed by atoms with E-state index in [1.165, 1.54) is 19.9 Å². The van der Waals surface area contributed by atoms with Crippen LogP contribution in [0.3, 0.4) is 0 Å². The van der Waals surface area contributed by atoms with Gasteiger partial charge in [-0.25, -0.2) is 13.1 Å². The van der Waals surface area contributed by atoms with Gasteiger partial charge in [0.25, 0.3) is 10.0 Å². The number of hydrogen-bond donors (Lipinski definition) is 2. The van der Waals surface area contributed by atoms with Crippen molar-refractivity contribution < 1.29 is 18.3 Å². The number of carboxylic acid groups (broad SMARTS) is 1. The minimum atomic E-state index is -3.62. The zero-order valence-electron chi connectivity index (χ0n) is 8.93. The molecule has 0 aromatic carbocycles. The molecule has 7 heteroatoms. The fourth-order valence-corrected chi connectivity index (χ4v) is 3.65. The van der Waals surface area contributed by atoms with E-state index >= 15 is 0 Å². The Kier molecular flexibility index (Phi) is 3.72.